The van der Waals surface area contributed by atoms with Crippen molar-refractivity contribution in [2.45, 2.75) is 25.4 Å². The molecule has 1 rings (SSSR count). The van der Waals surface area contributed by atoms with Crippen molar-refractivity contribution in [1.82, 2.24) is 4.90 Å². The number of rotatable bonds is 7. The molecule has 1 aromatic rings. The molecule has 0 aromatic heterocycles. The van der Waals surface area contributed by atoms with Crippen molar-refractivity contribution in [1.29, 1.82) is 0 Å². The third-order valence-electron chi connectivity index (χ3n) is 3.17. The van der Waals surface area contributed by atoms with Crippen molar-refractivity contribution in [2.24, 2.45) is 5.73 Å². The second-order valence-corrected chi connectivity index (χ2v) is 5.38. The molecule has 0 aliphatic heterocycles. The van der Waals surface area contributed by atoms with E-state index in [1.165, 1.54) is 17.7 Å². The minimum Gasteiger partial charge on any atom is -0.323 e. The zero-order valence-electron chi connectivity index (χ0n) is 11.1. The fraction of sp³-hybridized carbons (Fsp3) is 0.571. The van der Waals surface area contributed by atoms with E-state index >= 15 is 0 Å². The molecular formula is C14H24N2S. The first-order valence-electron chi connectivity index (χ1n) is 6.18. The Hall–Kier alpha value is -0.510. The number of hydrogen-bond acceptors (Lipinski definition) is 3. The zero-order valence-corrected chi connectivity index (χ0v) is 11.9. The van der Waals surface area contributed by atoms with E-state index in [-0.39, 0.29) is 6.04 Å². The highest BCUT2D eigenvalue weighted by atomic mass is 32.2. The summed E-state index contributed by atoms with van der Waals surface area (Å²) in [5, 5.41) is 0. The first-order chi connectivity index (χ1) is 8.19. The Labute approximate surface area is 110 Å². The van der Waals surface area contributed by atoms with Crippen molar-refractivity contribution in [3.05, 3.63) is 35.9 Å². The maximum atomic E-state index is 6.24. The topological polar surface area (TPSA) is 29.3 Å². The van der Waals surface area contributed by atoms with Gasteiger partial charge in [0.25, 0.3) is 0 Å². The Morgan fingerprint density at radius 3 is 2.47 bits per heavy atom. The minimum absolute atomic E-state index is 0.108. The van der Waals surface area contributed by atoms with Crippen LogP contribution in [0.2, 0.25) is 0 Å². The molecule has 1 unspecified atom stereocenters. The fourth-order valence-corrected chi connectivity index (χ4v) is 2.89. The Balaban J connectivity index is 2.53. The fourth-order valence-electron chi connectivity index (χ4n) is 2.01. The molecule has 1 aromatic carbocycles. The Morgan fingerprint density at radius 1 is 1.29 bits per heavy atom. The average molecular weight is 252 g/mol. The van der Waals surface area contributed by atoms with Crippen molar-refractivity contribution in [3.8, 4) is 0 Å². The lowest BCUT2D eigenvalue weighted by Gasteiger charge is -2.29. The predicted octanol–water partition coefficient (Wildman–Crippen LogP) is 2.76. The predicted molar refractivity (Wildman–Crippen MR) is 78.5 cm³/mol. The molecule has 0 aliphatic carbocycles. The Bertz CT molecular complexity index is 302. The van der Waals surface area contributed by atoms with Gasteiger partial charge in [0.2, 0.25) is 0 Å². The Morgan fingerprint density at radius 2 is 1.94 bits per heavy atom. The summed E-state index contributed by atoms with van der Waals surface area (Å²) in [4.78, 5) is 2.38. The summed E-state index contributed by atoms with van der Waals surface area (Å²) in [7, 11) is 2.17. The van der Waals surface area contributed by atoms with Crippen LogP contribution in [0.1, 0.15) is 24.9 Å². The lowest BCUT2D eigenvalue weighted by Crippen LogP contribution is -2.38. The van der Waals surface area contributed by atoms with Gasteiger partial charge in [0.05, 0.1) is 0 Å². The highest BCUT2D eigenvalue weighted by Gasteiger charge is 2.15. The van der Waals surface area contributed by atoms with E-state index in [9.17, 15) is 0 Å². The number of nitrogens with zero attached hydrogens (tertiary/aromatic N) is 1. The molecule has 0 aliphatic rings. The highest BCUT2D eigenvalue weighted by molar-refractivity contribution is 7.98. The van der Waals surface area contributed by atoms with Crippen molar-refractivity contribution in [3.63, 3.8) is 0 Å². The summed E-state index contributed by atoms with van der Waals surface area (Å²) < 4.78 is 0. The number of thioether (sulfide) groups is 1. The van der Waals surface area contributed by atoms with Crippen LogP contribution in [0, 0.1) is 0 Å². The van der Waals surface area contributed by atoms with Crippen molar-refractivity contribution in [2.75, 3.05) is 25.6 Å². The van der Waals surface area contributed by atoms with Gasteiger partial charge in [0, 0.05) is 24.4 Å². The van der Waals surface area contributed by atoms with Gasteiger partial charge >= 0.3 is 0 Å². The number of likely N-dealkylation sites (N-methyl/N-ethyl adjacent to an activating group) is 1. The molecule has 2 atom stereocenters. The van der Waals surface area contributed by atoms with E-state index in [2.05, 4.69) is 37.3 Å². The monoisotopic (exact) mass is 252 g/mol. The molecule has 3 heteroatoms. The van der Waals surface area contributed by atoms with Crippen molar-refractivity contribution < 1.29 is 0 Å². The maximum absolute atomic E-state index is 6.24. The standard InChI is InChI=1S/C14H24N2S/c1-4-13(11-17-3)16(2)10-14(15)12-8-6-5-7-9-12/h5-9,13-14H,4,10-11,15H2,1-3H3/t13?,14-/m1/s1. The molecule has 96 valence electrons. The van der Waals surface area contributed by atoms with E-state index in [4.69, 9.17) is 5.73 Å². The molecule has 0 saturated carbocycles. The summed E-state index contributed by atoms with van der Waals surface area (Å²) in [6.07, 6.45) is 3.34. The average Bonchev–Trinajstić information content (AvgIpc) is 2.36. The summed E-state index contributed by atoms with van der Waals surface area (Å²) >= 11 is 1.90. The maximum Gasteiger partial charge on any atom is 0.0424 e. The van der Waals surface area contributed by atoms with Crippen LogP contribution >= 0.6 is 11.8 Å². The van der Waals surface area contributed by atoms with Gasteiger partial charge in [-0.25, -0.2) is 0 Å². The van der Waals surface area contributed by atoms with Crippen LogP contribution in [0.5, 0.6) is 0 Å². The summed E-state index contributed by atoms with van der Waals surface area (Å²) in [6.45, 7) is 3.16. The third kappa shape index (κ3) is 4.70. The highest BCUT2D eigenvalue weighted by Crippen LogP contribution is 2.14. The molecule has 2 N–H and O–H groups in total. The zero-order chi connectivity index (χ0) is 12.7. The molecule has 0 amide bonds. The van der Waals surface area contributed by atoms with E-state index in [0.29, 0.717) is 6.04 Å². The van der Waals surface area contributed by atoms with Crippen molar-refractivity contribution >= 4 is 11.8 Å². The van der Waals surface area contributed by atoms with E-state index in [1.807, 2.05) is 30.0 Å². The van der Waals surface area contributed by atoms with Crippen LogP contribution in [0.3, 0.4) is 0 Å². The number of benzene rings is 1. The van der Waals surface area contributed by atoms with Gasteiger partial charge < -0.3 is 10.6 Å². The Kier molecular flexibility index (Phi) is 6.63. The molecule has 0 fully saturated rings. The van der Waals surface area contributed by atoms with Gasteiger partial charge in [-0.05, 0) is 25.3 Å². The van der Waals surface area contributed by atoms with Gasteiger partial charge in [0.1, 0.15) is 0 Å². The molecule has 0 spiro atoms. The smallest absolute Gasteiger partial charge is 0.0424 e. The molecule has 2 nitrogen and oxygen atoms in total. The van der Waals surface area contributed by atoms with E-state index in [0.717, 1.165) is 6.54 Å². The number of hydrogen-bond donors (Lipinski definition) is 1. The van der Waals surface area contributed by atoms with Gasteiger partial charge in [-0.1, -0.05) is 37.3 Å². The largest absolute Gasteiger partial charge is 0.323 e. The second kappa shape index (κ2) is 7.75. The molecule has 0 saturated heterocycles. The number of nitrogens with two attached hydrogens (primary N) is 1. The van der Waals surface area contributed by atoms with Crippen LogP contribution in [-0.2, 0) is 0 Å². The first kappa shape index (κ1) is 14.6. The van der Waals surface area contributed by atoms with Gasteiger partial charge in [0.15, 0.2) is 0 Å². The second-order valence-electron chi connectivity index (χ2n) is 4.47. The van der Waals surface area contributed by atoms with Crippen LogP contribution in [-0.4, -0.2) is 36.5 Å². The summed E-state index contributed by atoms with van der Waals surface area (Å²) in [5.41, 5.74) is 7.46. The van der Waals surface area contributed by atoms with E-state index < -0.39 is 0 Å². The van der Waals surface area contributed by atoms with Gasteiger partial charge in [-0.15, -0.1) is 0 Å². The van der Waals surface area contributed by atoms with Crippen LogP contribution in [0.25, 0.3) is 0 Å². The van der Waals surface area contributed by atoms with E-state index in [1.54, 1.807) is 0 Å². The SMILES string of the molecule is CCC(CSC)N(C)C[C@@H](N)c1ccccc1. The molecular weight excluding hydrogens is 228 g/mol. The molecule has 0 radical (unpaired) electrons. The lowest BCUT2D eigenvalue weighted by atomic mass is 10.1. The summed E-state index contributed by atoms with van der Waals surface area (Å²) in [5.74, 6) is 1.18. The van der Waals surface area contributed by atoms with Crippen LogP contribution in [0.4, 0.5) is 0 Å². The molecule has 17 heavy (non-hydrogen) atoms. The van der Waals surface area contributed by atoms with Gasteiger partial charge in [-0.3, -0.25) is 0 Å². The van der Waals surface area contributed by atoms with Crippen LogP contribution < -0.4 is 5.73 Å². The quantitative estimate of drug-likeness (QED) is 0.809. The normalized spacial score (nSPS) is 14.9. The molecule has 0 heterocycles. The lowest BCUT2D eigenvalue weighted by molar-refractivity contribution is 0.241. The molecule has 0 bridgehead atoms. The first-order valence-corrected chi connectivity index (χ1v) is 7.58. The van der Waals surface area contributed by atoms with Crippen LogP contribution in [0.15, 0.2) is 30.3 Å². The van der Waals surface area contributed by atoms with Gasteiger partial charge in [-0.2, -0.15) is 11.8 Å². The minimum atomic E-state index is 0.108. The third-order valence-corrected chi connectivity index (χ3v) is 3.88. The summed E-state index contributed by atoms with van der Waals surface area (Å²) in [6, 6.07) is 11.1.